The van der Waals surface area contributed by atoms with Crippen molar-refractivity contribution in [2.75, 3.05) is 25.6 Å². The van der Waals surface area contributed by atoms with Crippen LogP contribution in [-0.2, 0) is 9.53 Å². The van der Waals surface area contributed by atoms with Crippen LogP contribution in [0, 0.1) is 0 Å². The van der Waals surface area contributed by atoms with Crippen molar-refractivity contribution < 1.29 is 14.3 Å². The van der Waals surface area contributed by atoms with Crippen LogP contribution in [0.25, 0.3) is 0 Å². The molecule has 88 valence electrons. The summed E-state index contributed by atoms with van der Waals surface area (Å²) >= 11 is 0. The van der Waals surface area contributed by atoms with Crippen molar-refractivity contribution in [1.82, 2.24) is 0 Å². The molecule has 1 N–H and O–H groups in total. The topological polar surface area (TPSA) is 47.6 Å². The van der Waals surface area contributed by atoms with E-state index in [1.54, 1.807) is 0 Å². The van der Waals surface area contributed by atoms with Crippen molar-refractivity contribution in [3.8, 4) is 5.75 Å². The van der Waals surface area contributed by atoms with Crippen molar-refractivity contribution in [2.45, 2.75) is 13.3 Å². The minimum Gasteiger partial charge on any atom is -0.494 e. The van der Waals surface area contributed by atoms with Gasteiger partial charge in [-0.1, -0.05) is 6.07 Å². The number of carbonyl (C=O) groups excluding carboxylic acids is 1. The number of nitrogens with one attached hydrogen (secondary N) is 1. The maximum Gasteiger partial charge on any atom is 0.307 e. The minimum absolute atomic E-state index is 0.214. The average molecular weight is 223 g/mol. The molecule has 0 saturated carbocycles. The SMILES string of the molecule is CCOc1cccc(NCCC(=O)OC)c1. The van der Waals surface area contributed by atoms with Gasteiger partial charge in [-0.3, -0.25) is 4.79 Å². The molecule has 0 bridgehead atoms. The van der Waals surface area contributed by atoms with Crippen LogP contribution < -0.4 is 10.1 Å². The van der Waals surface area contributed by atoms with Crippen LogP contribution in [-0.4, -0.2) is 26.2 Å². The molecule has 4 heteroatoms. The second kappa shape index (κ2) is 6.71. The fraction of sp³-hybridized carbons (Fsp3) is 0.417. The Bertz CT molecular complexity index is 339. The summed E-state index contributed by atoms with van der Waals surface area (Å²) < 4.78 is 9.91. The van der Waals surface area contributed by atoms with Crippen LogP contribution in [0.1, 0.15) is 13.3 Å². The van der Waals surface area contributed by atoms with Crippen LogP contribution in [0.5, 0.6) is 5.75 Å². The fourth-order valence-corrected chi connectivity index (χ4v) is 1.27. The third-order valence-corrected chi connectivity index (χ3v) is 2.03. The Kier molecular flexibility index (Phi) is 5.19. The van der Waals surface area contributed by atoms with Gasteiger partial charge >= 0.3 is 5.97 Å². The minimum atomic E-state index is -0.214. The van der Waals surface area contributed by atoms with E-state index in [1.165, 1.54) is 7.11 Å². The smallest absolute Gasteiger partial charge is 0.307 e. The molecule has 0 spiro atoms. The van der Waals surface area contributed by atoms with E-state index in [9.17, 15) is 4.79 Å². The van der Waals surface area contributed by atoms with Crippen LogP contribution in [0.2, 0.25) is 0 Å². The highest BCUT2D eigenvalue weighted by Crippen LogP contribution is 2.17. The highest BCUT2D eigenvalue weighted by atomic mass is 16.5. The Labute approximate surface area is 95.6 Å². The number of hydrogen-bond acceptors (Lipinski definition) is 4. The molecule has 0 unspecified atom stereocenters. The van der Waals surface area contributed by atoms with Gasteiger partial charge in [0.05, 0.1) is 20.1 Å². The number of rotatable bonds is 6. The summed E-state index contributed by atoms with van der Waals surface area (Å²) in [6.45, 7) is 3.14. The molecule has 0 fully saturated rings. The number of esters is 1. The Balaban J connectivity index is 2.41. The Morgan fingerprint density at radius 2 is 2.25 bits per heavy atom. The van der Waals surface area contributed by atoms with E-state index in [-0.39, 0.29) is 5.97 Å². The van der Waals surface area contributed by atoms with Crippen molar-refractivity contribution in [3.63, 3.8) is 0 Å². The Hall–Kier alpha value is -1.71. The van der Waals surface area contributed by atoms with Crippen LogP contribution in [0.3, 0.4) is 0 Å². The molecule has 4 nitrogen and oxygen atoms in total. The summed E-state index contributed by atoms with van der Waals surface area (Å²) in [6.07, 6.45) is 0.357. The normalized spacial score (nSPS) is 9.62. The van der Waals surface area contributed by atoms with E-state index in [0.29, 0.717) is 19.6 Å². The average Bonchev–Trinajstić information content (AvgIpc) is 2.30. The van der Waals surface area contributed by atoms with Gasteiger partial charge in [0.15, 0.2) is 0 Å². The first-order valence-electron chi connectivity index (χ1n) is 5.29. The van der Waals surface area contributed by atoms with Gasteiger partial charge < -0.3 is 14.8 Å². The van der Waals surface area contributed by atoms with Gasteiger partial charge in [-0.05, 0) is 19.1 Å². The molecule has 1 aromatic rings. The highest BCUT2D eigenvalue weighted by molar-refractivity contribution is 5.69. The van der Waals surface area contributed by atoms with Gasteiger partial charge in [-0.25, -0.2) is 0 Å². The van der Waals surface area contributed by atoms with E-state index in [0.717, 1.165) is 11.4 Å². The number of benzene rings is 1. The van der Waals surface area contributed by atoms with Gasteiger partial charge in [0.2, 0.25) is 0 Å². The molecular formula is C12H17NO3. The predicted molar refractivity (Wildman–Crippen MR) is 62.7 cm³/mol. The fourth-order valence-electron chi connectivity index (χ4n) is 1.27. The number of carbonyl (C=O) groups is 1. The summed E-state index contributed by atoms with van der Waals surface area (Å²) in [5.41, 5.74) is 0.940. The van der Waals surface area contributed by atoms with Crippen molar-refractivity contribution in [3.05, 3.63) is 24.3 Å². The monoisotopic (exact) mass is 223 g/mol. The number of anilines is 1. The predicted octanol–water partition coefficient (Wildman–Crippen LogP) is 2.06. The lowest BCUT2D eigenvalue weighted by molar-refractivity contribution is -0.140. The molecule has 0 aliphatic rings. The molecule has 1 aromatic carbocycles. The Morgan fingerprint density at radius 3 is 2.94 bits per heavy atom. The lowest BCUT2D eigenvalue weighted by atomic mass is 10.3. The van der Waals surface area contributed by atoms with Gasteiger partial charge in [0.25, 0.3) is 0 Å². The maximum atomic E-state index is 10.9. The van der Waals surface area contributed by atoms with E-state index in [2.05, 4.69) is 10.1 Å². The molecule has 0 aliphatic carbocycles. The molecule has 0 radical (unpaired) electrons. The molecule has 0 aromatic heterocycles. The second-order valence-electron chi connectivity index (χ2n) is 3.21. The van der Waals surface area contributed by atoms with Crippen molar-refractivity contribution >= 4 is 11.7 Å². The third-order valence-electron chi connectivity index (χ3n) is 2.03. The molecular weight excluding hydrogens is 206 g/mol. The van der Waals surface area contributed by atoms with Gasteiger partial charge in [-0.2, -0.15) is 0 Å². The van der Waals surface area contributed by atoms with Crippen LogP contribution in [0.15, 0.2) is 24.3 Å². The first-order valence-corrected chi connectivity index (χ1v) is 5.29. The highest BCUT2D eigenvalue weighted by Gasteiger charge is 2.00. The van der Waals surface area contributed by atoms with Crippen LogP contribution >= 0.6 is 0 Å². The Morgan fingerprint density at radius 1 is 1.44 bits per heavy atom. The molecule has 0 saturated heterocycles. The van der Waals surface area contributed by atoms with E-state index >= 15 is 0 Å². The van der Waals surface area contributed by atoms with Gasteiger partial charge in [0.1, 0.15) is 5.75 Å². The van der Waals surface area contributed by atoms with E-state index in [4.69, 9.17) is 4.74 Å². The summed E-state index contributed by atoms with van der Waals surface area (Å²) in [5.74, 6) is 0.610. The summed E-state index contributed by atoms with van der Waals surface area (Å²) in [7, 11) is 1.39. The molecule has 0 heterocycles. The number of ether oxygens (including phenoxy) is 2. The first-order chi connectivity index (χ1) is 7.76. The summed E-state index contributed by atoms with van der Waals surface area (Å²) in [4.78, 5) is 10.9. The lowest BCUT2D eigenvalue weighted by Crippen LogP contribution is -2.09. The lowest BCUT2D eigenvalue weighted by Gasteiger charge is -2.08. The third kappa shape index (κ3) is 4.21. The van der Waals surface area contributed by atoms with Gasteiger partial charge in [-0.15, -0.1) is 0 Å². The van der Waals surface area contributed by atoms with E-state index < -0.39 is 0 Å². The molecule has 0 aliphatic heterocycles. The van der Waals surface area contributed by atoms with Crippen LogP contribution in [0.4, 0.5) is 5.69 Å². The summed E-state index contributed by atoms with van der Waals surface area (Å²) in [6, 6.07) is 7.64. The van der Waals surface area contributed by atoms with Gasteiger partial charge in [0, 0.05) is 18.3 Å². The zero-order valence-corrected chi connectivity index (χ0v) is 9.66. The molecule has 1 rings (SSSR count). The largest absolute Gasteiger partial charge is 0.494 e. The van der Waals surface area contributed by atoms with Crippen molar-refractivity contribution in [2.24, 2.45) is 0 Å². The molecule has 0 atom stereocenters. The number of hydrogen-bond donors (Lipinski definition) is 1. The van der Waals surface area contributed by atoms with Crippen molar-refractivity contribution in [1.29, 1.82) is 0 Å². The standard InChI is InChI=1S/C12H17NO3/c1-3-16-11-6-4-5-10(9-11)13-8-7-12(14)15-2/h4-6,9,13H,3,7-8H2,1-2H3. The second-order valence-corrected chi connectivity index (χ2v) is 3.21. The molecule has 16 heavy (non-hydrogen) atoms. The quantitative estimate of drug-likeness (QED) is 0.750. The van der Waals surface area contributed by atoms with E-state index in [1.807, 2.05) is 31.2 Å². The molecule has 0 amide bonds. The number of methoxy groups -OCH3 is 1. The summed E-state index contributed by atoms with van der Waals surface area (Å²) in [5, 5.41) is 3.13. The zero-order chi connectivity index (χ0) is 11.8. The maximum absolute atomic E-state index is 10.9. The zero-order valence-electron chi connectivity index (χ0n) is 9.66. The first kappa shape index (κ1) is 12.4.